The Hall–Kier alpha value is -2.48. The maximum atomic E-state index is 13.2. The molecule has 1 aromatic heterocycles. The molecule has 30 heavy (non-hydrogen) atoms. The number of aromatic nitrogens is 1. The third-order valence-corrected chi connectivity index (χ3v) is 7.87. The Bertz CT molecular complexity index is 1300. The van der Waals surface area contributed by atoms with E-state index in [0.29, 0.717) is 24.4 Å². The van der Waals surface area contributed by atoms with Gasteiger partial charge in [0.1, 0.15) is 11.6 Å². The van der Waals surface area contributed by atoms with E-state index in [1.54, 1.807) is 24.3 Å². The summed E-state index contributed by atoms with van der Waals surface area (Å²) in [5.41, 5.74) is 3.55. The van der Waals surface area contributed by atoms with E-state index in [0.717, 1.165) is 27.5 Å². The highest BCUT2D eigenvalue weighted by molar-refractivity contribution is 9.10. The number of sulfonamides is 1. The van der Waals surface area contributed by atoms with Crippen molar-refractivity contribution >= 4 is 37.1 Å². The standard InChI is InChI=1S/C23H19BrN2O3S/c24-18-9-11-19(12-10-18)30(27,28)26-14-4-7-21(26)23-25-20-15-17(8-13-22(20)29-23)16-5-2-1-3-6-16/h1-3,5-6,8-13,15,21H,4,7,14H2. The Morgan fingerprint density at radius 2 is 1.73 bits per heavy atom. The van der Waals surface area contributed by atoms with Crippen molar-refractivity contribution in [3.63, 3.8) is 0 Å². The van der Waals surface area contributed by atoms with Crippen molar-refractivity contribution in [3.8, 4) is 11.1 Å². The lowest BCUT2D eigenvalue weighted by molar-refractivity contribution is 0.337. The molecule has 152 valence electrons. The van der Waals surface area contributed by atoms with Crippen LogP contribution in [0.4, 0.5) is 0 Å². The average molecular weight is 483 g/mol. The molecule has 0 saturated carbocycles. The summed E-state index contributed by atoms with van der Waals surface area (Å²) in [6, 6.07) is 22.3. The third kappa shape index (κ3) is 3.47. The van der Waals surface area contributed by atoms with E-state index in [-0.39, 0.29) is 4.90 Å². The van der Waals surface area contributed by atoms with Gasteiger partial charge in [0.05, 0.1) is 4.90 Å². The number of rotatable bonds is 4. The number of benzene rings is 3. The largest absolute Gasteiger partial charge is 0.439 e. The molecule has 3 aromatic carbocycles. The van der Waals surface area contributed by atoms with E-state index >= 15 is 0 Å². The summed E-state index contributed by atoms with van der Waals surface area (Å²) in [5.74, 6) is 0.452. The Morgan fingerprint density at radius 1 is 0.967 bits per heavy atom. The molecule has 0 aliphatic carbocycles. The predicted molar refractivity (Wildman–Crippen MR) is 119 cm³/mol. The van der Waals surface area contributed by atoms with Crippen molar-refractivity contribution in [2.45, 2.75) is 23.8 Å². The monoisotopic (exact) mass is 482 g/mol. The van der Waals surface area contributed by atoms with Crippen LogP contribution in [0.1, 0.15) is 24.8 Å². The van der Waals surface area contributed by atoms with Crippen LogP contribution in [0.2, 0.25) is 0 Å². The Morgan fingerprint density at radius 3 is 2.50 bits per heavy atom. The van der Waals surface area contributed by atoms with Gasteiger partial charge in [0.15, 0.2) is 5.58 Å². The van der Waals surface area contributed by atoms with Crippen LogP contribution in [0, 0.1) is 0 Å². The van der Waals surface area contributed by atoms with Crippen LogP contribution in [0.5, 0.6) is 0 Å². The molecule has 0 radical (unpaired) electrons. The first-order valence-electron chi connectivity index (χ1n) is 9.76. The highest BCUT2D eigenvalue weighted by Crippen LogP contribution is 2.38. The van der Waals surface area contributed by atoms with E-state index in [1.807, 2.05) is 48.5 Å². The van der Waals surface area contributed by atoms with Gasteiger partial charge in [-0.3, -0.25) is 0 Å². The molecule has 1 saturated heterocycles. The number of oxazole rings is 1. The van der Waals surface area contributed by atoms with Crippen molar-refractivity contribution in [2.75, 3.05) is 6.54 Å². The van der Waals surface area contributed by atoms with Gasteiger partial charge in [-0.15, -0.1) is 0 Å². The number of nitrogens with zero attached hydrogens (tertiary/aromatic N) is 2. The first-order chi connectivity index (χ1) is 14.5. The number of hydrogen-bond acceptors (Lipinski definition) is 4. The average Bonchev–Trinajstić information content (AvgIpc) is 3.41. The summed E-state index contributed by atoms with van der Waals surface area (Å²) in [6.45, 7) is 0.455. The van der Waals surface area contributed by atoms with Gasteiger partial charge < -0.3 is 4.42 Å². The fourth-order valence-electron chi connectivity index (χ4n) is 3.91. The SMILES string of the molecule is O=S(=O)(c1ccc(Br)cc1)N1CCCC1c1nc2cc(-c3ccccc3)ccc2o1. The van der Waals surface area contributed by atoms with E-state index in [9.17, 15) is 8.42 Å². The topological polar surface area (TPSA) is 63.4 Å². The molecule has 0 amide bonds. The van der Waals surface area contributed by atoms with E-state index in [1.165, 1.54) is 4.31 Å². The molecule has 2 heterocycles. The zero-order valence-electron chi connectivity index (χ0n) is 16.0. The Balaban J connectivity index is 1.50. The van der Waals surface area contributed by atoms with Gasteiger partial charge in [0.25, 0.3) is 0 Å². The van der Waals surface area contributed by atoms with E-state index in [2.05, 4.69) is 20.9 Å². The van der Waals surface area contributed by atoms with E-state index < -0.39 is 16.1 Å². The van der Waals surface area contributed by atoms with Crippen molar-refractivity contribution in [2.24, 2.45) is 0 Å². The Kier molecular flexibility index (Phi) is 4.97. The molecule has 1 unspecified atom stereocenters. The van der Waals surface area contributed by atoms with Crippen LogP contribution in [0.25, 0.3) is 22.2 Å². The second-order valence-electron chi connectivity index (χ2n) is 7.33. The molecule has 1 fully saturated rings. The maximum Gasteiger partial charge on any atom is 0.243 e. The fraction of sp³-hybridized carbons (Fsp3) is 0.174. The molecule has 5 rings (SSSR count). The molecule has 0 N–H and O–H groups in total. The fourth-order valence-corrected chi connectivity index (χ4v) is 5.83. The number of halogens is 1. The summed E-state index contributed by atoms with van der Waals surface area (Å²) in [4.78, 5) is 4.95. The van der Waals surface area contributed by atoms with Crippen LogP contribution >= 0.6 is 15.9 Å². The van der Waals surface area contributed by atoms with Gasteiger partial charge in [-0.05, 0) is 60.4 Å². The lowest BCUT2D eigenvalue weighted by Gasteiger charge is -2.21. The minimum absolute atomic E-state index is 0.278. The zero-order chi connectivity index (χ0) is 20.7. The van der Waals surface area contributed by atoms with Crippen molar-refractivity contribution in [1.82, 2.24) is 9.29 Å². The summed E-state index contributed by atoms with van der Waals surface area (Å²) in [7, 11) is -3.63. The van der Waals surface area contributed by atoms with Gasteiger partial charge >= 0.3 is 0 Å². The molecule has 7 heteroatoms. The quantitative estimate of drug-likeness (QED) is 0.369. The molecule has 1 atom stereocenters. The zero-order valence-corrected chi connectivity index (χ0v) is 18.4. The smallest absolute Gasteiger partial charge is 0.243 e. The molecular weight excluding hydrogens is 464 g/mol. The summed E-state index contributed by atoms with van der Waals surface area (Å²) in [5, 5.41) is 0. The molecule has 0 spiro atoms. The molecule has 1 aliphatic heterocycles. The molecule has 0 bridgehead atoms. The predicted octanol–water partition coefficient (Wildman–Crippen LogP) is 5.78. The summed E-state index contributed by atoms with van der Waals surface area (Å²) in [6.07, 6.45) is 1.46. The van der Waals surface area contributed by atoms with Gasteiger partial charge in [-0.1, -0.05) is 52.3 Å². The highest BCUT2D eigenvalue weighted by Gasteiger charge is 2.39. The van der Waals surface area contributed by atoms with Crippen molar-refractivity contribution < 1.29 is 12.8 Å². The second kappa shape index (κ2) is 7.65. The Labute approximate surface area is 183 Å². The van der Waals surface area contributed by atoms with Crippen molar-refractivity contribution in [1.29, 1.82) is 0 Å². The third-order valence-electron chi connectivity index (χ3n) is 5.42. The first-order valence-corrected chi connectivity index (χ1v) is 12.0. The van der Waals surface area contributed by atoms with Crippen LogP contribution < -0.4 is 0 Å². The lowest BCUT2D eigenvalue weighted by Crippen LogP contribution is -2.30. The maximum absolute atomic E-state index is 13.2. The van der Waals surface area contributed by atoms with Crippen LogP contribution in [0.15, 0.2) is 86.6 Å². The minimum Gasteiger partial charge on any atom is -0.439 e. The van der Waals surface area contributed by atoms with Crippen LogP contribution in [0.3, 0.4) is 0 Å². The van der Waals surface area contributed by atoms with Crippen molar-refractivity contribution in [3.05, 3.63) is 83.2 Å². The highest BCUT2D eigenvalue weighted by atomic mass is 79.9. The van der Waals surface area contributed by atoms with Crippen LogP contribution in [-0.2, 0) is 10.0 Å². The second-order valence-corrected chi connectivity index (χ2v) is 10.1. The lowest BCUT2D eigenvalue weighted by atomic mass is 10.1. The number of hydrogen-bond donors (Lipinski definition) is 0. The summed E-state index contributed by atoms with van der Waals surface area (Å²) >= 11 is 3.35. The summed E-state index contributed by atoms with van der Waals surface area (Å²) < 4.78 is 34.8. The van der Waals surface area contributed by atoms with Gasteiger partial charge in [0, 0.05) is 11.0 Å². The first kappa shape index (κ1) is 19.5. The van der Waals surface area contributed by atoms with Crippen LogP contribution in [-0.4, -0.2) is 24.3 Å². The molecule has 4 aromatic rings. The minimum atomic E-state index is -3.63. The molecule has 5 nitrogen and oxygen atoms in total. The van der Waals surface area contributed by atoms with Gasteiger partial charge in [-0.2, -0.15) is 4.31 Å². The number of fused-ring (bicyclic) bond motifs is 1. The normalized spacial score (nSPS) is 17.6. The van der Waals surface area contributed by atoms with E-state index in [4.69, 9.17) is 4.42 Å². The molecular formula is C23H19BrN2O3S. The van der Waals surface area contributed by atoms with Gasteiger partial charge in [-0.25, -0.2) is 13.4 Å². The molecule has 1 aliphatic rings. The van der Waals surface area contributed by atoms with Gasteiger partial charge in [0.2, 0.25) is 15.9 Å².